The first-order valence-electron chi connectivity index (χ1n) is 4.00. The van der Waals surface area contributed by atoms with Crippen molar-refractivity contribution in [2.45, 2.75) is 32.8 Å². The number of rotatable bonds is 4. The number of ether oxygens (including phenoxy) is 1. The van der Waals surface area contributed by atoms with Crippen LogP contribution in [0.5, 0.6) is 0 Å². The average Bonchev–Trinajstić information content (AvgIpc) is 2.04. The van der Waals surface area contributed by atoms with E-state index in [-0.39, 0.29) is 6.10 Å². The summed E-state index contributed by atoms with van der Waals surface area (Å²) < 4.78 is 4.95. The van der Waals surface area contributed by atoms with Crippen LogP contribution in [0.2, 0.25) is 0 Å². The zero-order chi connectivity index (χ0) is 9.40. The predicted octanol–water partition coefficient (Wildman–Crippen LogP) is 1.91. The van der Waals surface area contributed by atoms with Gasteiger partial charge in [-0.05, 0) is 13.3 Å². The van der Waals surface area contributed by atoms with Gasteiger partial charge in [-0.1, -0.05) is 31.9 Å². The lowest BCUT2D eigenvalue weighted by Gasteiger charge is -2.09. The Labute approximate surface area is 73.6 Å². The quantitative estimate of drug-likeness (QED) is 0.276. The predicted molar refractivity (Wildman–Crippen MR) is 48.4 cm³/mol. The highest BCUT2D eigenvalue weighted by Gasteiger charge is 2.06. The highest BCUT2D eigenvalue weighted by atomic mass is 16.5. The first-order chi connectivity index (χ1) is 5.74. The van der Waals surface area contributed by atoms with Crippen molar-refractivity contribution < 1.29 is 9.53 Å². The molecule has 0 aliphatic carbocycles. The van der Waals surface area contributed by atoms with Crippen molar-refractivity contribution in [2.24, 2.45) is 0 Å². The van der Waals surface area contributed by atoms with Gasteiger partial charge in [-0.3, -0.25) is 0 Å². The largest absolute Gasteiger partial charge is 0.449 e. The third kappa shape index (κ3) is 4.56. The molecule has 2 nitrogen and oxygen atoms in total. The zero-order valence-corrected chi connectivity index (χ0v) is 7.59. The third-order valence-electron chi connectivity index (χ3n) is 1.32. The van der Waals surface area contributed by atoms with E-state index >= 15 is 0 Å². The molecular formula is C10H14O2. The summed E-state index contributed by atoms with van der Waals surface area (Å²) in [4.78, 5) is 10.8. The molecule has 0 aromatic heterocycles. The molecule has 0 saturated carbocycles. The van der Waals surface area contributed by atoms with Crippen LogP contribution in [0.4, 0.5) is 0 Å². The molecule has 0 aliphatic rings. The number of carbonyl (C=O) groups is 1. The van der Waals surface area contributed by atoms with Crippen LogP contribution in [0.3, 0.4) is 0 Å². The van der Waals surface area contributed by atoms with E-state index in [2.05, 4.69) is 18.4 Å². The Hall–Kier alpha value is -1.23. The Morgan fingerprint density at radius 2 is 2.42 bits per heavy atom. The van der Waals surface area contributed by atoms with Gasteiger partial charge >= 0.3 is 5.97 Å². The fourth-order valence-corrected chi connectivity index (χ4v) is 0.778. The second-order valence-electron chi connectivity index (χ2n) is 2.34. The van der Waals surface area contributed by atoms with Gasteiger partial charge in [-0.15, -0.1) is 0 Å². The molecule has 1 unspecified atom stereocenters. The fraction of sp³-hybridized carbons (Fsp3) is 0.500. The minimum atomic E-state index is -0.476. The average molecular weight is 166 g/mol. The highest BCUT2D eigenvalue weighted by Crippen LogP contribution is 2.02. The summed E-state index contributed by atoms with van der Waals surface area (Å²) in [6.07, 6.45) is 3.20. The Kier molecular flexibility index (Phi) is 5.81. The summed E-state index contributed by atoms with van der Waals surface area (Å²) in [5.74, 6) is 4.31. The maximum Gasteiger partial charge on any atom is 0.384 e. The van der Waals surface area contributed by atoms with Gasteiger partial charge in [0.1, 0.15) is 6.10 Å². The smallest absolute Gasteiger partial charge is 0.384 e. The molecule has 0 saturated heterocycles. The monoisotopic (exact) mass is 166 g/mol. The second-order valence-corrected chi connectivity index (χ2v) is 2.34. The molecule has 0 aromatic carbocycles. The van der Waals surface area contributed by atoms with Crippen LogP contribution >= 0.6 is 0 Å². The Balaban J connectivity index is 3.90. The Morgan fingerprint density at radius 1 is 1.75 bits per heavy atom. The molecule has 0 spiro atoms. The zero-order valence-electron chi connectivity index (χ0n) is 7.59. The number of esters is 1. The van der Waals surface area contributed by atoms with Crippen LogP contribution in [0, 0.1) is 11.8 Å². The number of hydrogen-bond donors (Lipinski definition) is 0. The van der Waals surface area contributed by atoms with Crippen molar-refractivity contribution in [3.63, 3.8) is 0 Å². The van der Waals surface area contributed by atoms with Crippen LogP contribution in [0.15, 0.2) is 12.7 Å². The summed E-state index contributed by atoms with van der Waals surface area (Å²) in [6.45, 7) is 7.19. The summed E-state index contributed by atoms with van der Waals surface area (Å²) in [6, 6.07) is 0. The van der Waals surface area contributed by atoms with E-state index in [9.17, 15) is 4.79 Å². The molecule has 0 aliphatic heterocycles. The molecule has 0 aromatic rings. The van der Waals surface area contributed by atoms with Crippen molar-refractivity contribution in [3.05, 3.63) is 12.7 Å². The molecule has 0 bridgehead atoms. The van der Waals surface area contributed by atoms with Crippen LogP contribution in [0.1, 0.15) is 26.7 Å². The van der Waals surface area contributed by atoms with E-state index in [1.54, 1.807) is 13.0 Å². The molecular weight excluding hydrogens is 152 g/mol. The first kappa shape index (κ1) is 10.8. The van der Waals surface area contributed by atoms with E-state index in [4.69, 9.17) is 4.74 Å². The number of carbonyl (C=O) groups excluding carboxylic acids is 1. The Bertz CT molecular complexity index is 208. The lowest BCUT2D eigenvalue weighted by Crippen LogP contribution is -2.13. The summed E-state index contributed by atoms with van der Waals surface area (Å²) in [5.41, 5.74) is 0. The SMILES string of the molecule is C=CC(CCC)OC(=O)C#CC. The fourth-order valence-electron chi connectivity index (χ4n) is 0.778. The molecule has 0 rings (SSSR count). The highest BCUT2D eigenvalue weighted by molar-refractivity contribution is 5.88. The molecule has 12 heavy (non-hydrogen) atoms. The third-order valence-corrected chi connectivity index (χ3v) is 1.32. The second kappa shape index (κ2) is 6.48. The van der Waals surface area contributed by atoms with Gasteiger partial charge in [0.25, 0.3) is 0 Å². The minimum Gasteiger partial charge on any atom is -0.449 e. The standard InChI is InChI=1S/C10H14O2/c1-4-7-9(6-3)12-10(11)8-5-2/h6,9H,3-4,7H2,1-2H3. The molecule has 2 heteroatoms. The molecule has 0 heterocycles. The van der Waals surface area contributed by atoms with Crippen LogP contribution in [-0.2, 0) is 9.53 Å². The van der Waals surface area contributed by atoms with Crippen LogP contribution in [0.25, 0.3) is 0 Å². The summed E-state index contributed by atoms with van der Waals surface area (Å²) in [7, 11) is 0. The molecule has 0 amide bonds. The maximum absolute atomic E-state index is 10.8. The van der Waals surface area contributed by atoms with Gasteiger partial charge in [0.15, 0.2) is 0 Å². The molecule has 0 N–H and O–H groups in total. The maximum atomic E-state index is 10.8. The first-order valence-corrected chi connectivity index (χ1v) is 4.00. The number of hydrogen-bond acceptors (Lipinski definition) is 2. The normalized spacial score (nSPS) is 10.8. The lowest BCUT2D eigenvalue weighted by atomic mass is 10.2. The van der Waals surface area contributed by atoms with Crippen LogP contribution < -0.4 is 0 Å². The molecule has 66 valence electrons. The topological polar surface area (TPSA) is 26.3 Å². The van der Waals surface area contributed by atoms with Gasteiger partial charge in [-0.25, -0.2) is 4.79 Å². The molecule has 1 atom stereocenters. The van der Waals surface area contributed by atoms with E-state index in [1.807, 2.05) is 6.92 Å². The van der Waals surface area contributed by atoms with Crippen molar-refractivity contribution in [3.8, 4) is 11.8 Å². The molecule has 0 fully saturated rings. The summed E-state index contributed by atoms with van der Waals surface area (Å²) >= 11 is 0. The Morgan fingerprint density at radius 3 is 2.83 bits per heavy atom. The lowest BCUT2D eigenvalue weighted by molar-refractivity contribution is -0.140. The van der Waals surface area contributed by atoms with Gasteiger partial charge in [0, 0.05) is 5.92 Å². The van der Waals surface area contributed by atoms with Gasteiger partial charge in [0.2, 0.25) is 0 Å². The van der Waals surface area contributed by atoms with Gasteiger partial charge in [-0.2, -0.15) is 0 Å². The van der Waals surface area contributed by atoms with Crippen molar-refractivity contribution >= 4 is 5.97 Å². The van der Waals surface area contributed by atoms with Crippen molar-refractivity contribution in [1.29, 1.82) is 0 Å². The minimum absolute atomic E-state index is 0.191. The molecule has 0 radical (unpaired) electrons. The van der Waals surface area contributed by atoms with E-state index in [1.165, 1.54) is 0 Å². The summed E-state index contributed by atoms with van der Waals surface area (Å²) in [5, 5.41) is 0. The van der Waals surface area contributed by atoms with E-state index < -0.39 is 5.97 Å². The van der Waals surface area contributed by atoms with Gasteiger partial charge < -0.3 is 4.74 Å². The van der Waals surface area contributed by atoms with Gasteiger partial charge in [0.05, 0.1) is 0 Å². The van der Waals surface area contributed by atoms with Crippen molar-refractivity contribution in [1.82, 2.24) is 0 Å². The van der Waals surface area contributed by atoms with Crippen molar-refractivity contribution in [2.75, 3.05) is 0 Å². The van der Waals surface area contributed by atoms with E-state index in [0.717, 1.165) is 12.8 Å². The van der Waals surface area contributed by atoms with Crippen LogP contribution in [-0.4, -0.2) is 12.1 Å². The van der Waals surface area contributed by atoms with E-state index in [0.29, 0.717) is 0 Å².